The zero-order valence-corrected chi connectivity index (χ0v) is 19.3. The second-order valence-electron chi connectivity index (χ2n) is 8.04. The number of benzene rings is 4. The normalized spacial score (nSPS) is 17.2. The lowest BCUT2D eigenvalue weighted by molar-refractivity contribution is -0.132. The highest BCUT2D eigenvalue weighted by Gasteiger charge is 2.48. The smallest absolute Gasteiger partial charge is 0.300 e. The Hall–Kier alpha value is -4.16. The van der Waals surface area contributed by atoms with E-state index in [4.69, 9.17) is 16.3 Å². The number of ether oxygens (including phenoxy) is 1. The van der Waals surface area contributed by atoms with E-state index in [0.29, 0.717) is 16.9 Å². The van der Waals surface area contributed by atoms with E-state index in [1.807, 2.05) is 30.3 Å². The van der Waals surface area contributed by atoms with E-state index in [2.05, 4.69) is 0 Å². The van der Waals surface area contributed by atoms with Gasteiger partial charge in [-0.25, -0.2) is 4.39 Å². The van der Waals surface area contributed by atoms with Gasteiger partial charge in [-0.05, 0) is 35.0 Å². The van der Waals surface area contributed by atoms with Gasteiger partial charge in [0.05, 0.1) is 23.7 Å². The maximum absolute atomic E-state index is 13.9. The summed E-state index contributed by atoms with van der Waals surface area (Å²) < 4.78 is 19.4. The van der Waals surface area contributed by atoms with Crippen LogP contribution in [-0.2, 0) is 9.59 Å². The summed E-state index contributed by atoms with van der Waals surface area (Å²) in [6.07, 6.45) is 0. The molecule has 1 aliphatic rings. The van der Waals surface area contributed by atoms with Crippen LogP contribution in [0, 0.1) is 5.82 Å². The molecule has 35 heavy (non-hydrogen) atoms. The maximum atomic E-state index is 13.9. The first-order chi connectivity index (χ1) is 16.9. The molecular weight excluding hydrogens is 469 g/mol. The molecule has 1 atom stereocenters. The van der Waals surface area contributed by atoms with Crippen LogP contribution in [0.2, 0.25) is 5.02 Å². The number of carbonyl (C=O) groups excluding carboxylic acids is 2. The number of ketones is 1. The fourth-order valence-electron chi connectivity index (χ4n) is 4.50. The lowest BCUT2D eigenvalue weighted by atomic mass is 9.92. The molecular formula is C28H19ClFNO4. The summed E-state index contributed by atoms with van der Waals surface area (Å²) in [4.78, 5) is 28.0. The van der Waals surface area contributed by atoms with Crippen molar-refractivity contribution in [1.29, 1.82) is 0 Å². The summed E-state index contributed by atoms with van der Waals surface area (Å²) in [5, 5.41) is 12.9. The molecule has 7 heteroatoms. The van der Waals surface area contributed by atoms with Crippen LogP contribution in [0.4, 0.5) is 10.1 Å². The molecule has 1 N–H and O–H groups in total. The van der Waals surface area contributed by atoms with Gasteiger partial charge in [0.1, 0.15) is 17.3 Å². The van der Waals surface area contributed by atoms with Crippen LogP contribution in [0.3, 0.4) is 0 Å². The van der Waals surface area contributed by atoms with E-state index in [1.165, 1.54) is 24.1 Å². The maximum Gasteiger partial charge on any atom is 0.300 e. The molecule has 0 bridgehead atoms. The third-order valence-electron chi connectivity index (χ3n) is 6.10. The lowest BCUT2D eigenvalue weighted by Crippen LogP contribution is -2.29. The molecule has 174 valence electrons. The largest absolute Gasteiger partial charge is 0.507 e. The van der Waals surface area contributed by atoms with Gasteiger partial charge >= 0.3 is 0 Å². The van der Waals surface area contributed by atoms with Gasteiger partial charge in [-0.1, -0.05) is 72.3 Å². The number of aliphatic hydroxyl groups excluding tert-OH is 1. The topological polar surface area (TPSA) is 66.8 Å². The highest BCUT2D eigenvalue weighted by Crippen LogP contribution is 2.45. The van der Waals surface area contributed by atoms with Crippen molar-refractivity contribution in [2.75, 3.05) is 12.0 Å². The molecule has 1 aliphatic heterocycles. The minimum Gasteiger partial charge on any atom is -0.507 e. The highest BCUT2D eigenvalue weighted by atomic mass is 35.5. The van der Waals surface area contributed by atoms with Crippen molar-refractivity contribution in [3.63, 3.8) is 0 Å². The molecule has 1 fully saturated rings. The number of halogens is 2. The van der Waals surface area contributed by atoms with Gasteiger partial charge in [0.2, 0.25) is 0 Å². The monoisotopic (exact) mass is 487 g/mol. The average molecular weight is 488 g/mol. The quantitative estimate of drug-likeness (QED) is 0.209. The Kier molecular flexibility index (Phi) is 5.75. The number of Topliss-reactive ketones (excluding diaryl/α,β-unsaturated/α-hetero) is 1. The summed E-state index contributed by atoms with van der Waals surface area (Å²) in [6.45, 7) is 0. The van der Waals surface area contributed by atoms with Gasteiger partial charge in [0.25, 0.3) is 11.7 Å². The molecule has 0 spiro atoms. The van der Waals surface area contributed by atoms with Crippen LogP contribution in [0.1, 0.15) is 17.2 Å². The van der Waals surface area contributed by atoms with E-state index in [0.717, 1.165) is 16.8 Å². The number of rotatable bonds is 4. The van der Waals surface area contributed by atoms with Crippen molar-refractivity contribution in [3.05, 3.63) is 112 Å². The number of anilines is 1. The van der Waals surface area contributed by atoms with Crippen LogP contribution < -0.4 is 9.64 Å². The fraction of sp³-hybridized carbons (Fsp3) is 0.0714. The molecule has 0 radical (unpaired) electrons. The minimum atomic E-state index is -1.04. The number of aliphatic hydroxyl groups is 1. The second kappa shape index (κ2) is 8.89. The standard InChI is InChI=1S/C28H19ClFNO4/c1-35-23-12-5-4-10-20(23)25-24(26(32)19-11-6-8-16-7-2-3-9-18(16)19)27(33)28(34)31(25)17-13-14-22(30)21(29)15-17/h2-15,25,32H,1H3/b26-24+. The summed E-state index contributed by atoms with van der Waals surface area (Å²) in [6, 6.07) is 22.4. The average Bonchev–Trinajstić information content (AvgIpc) is 3.15. The molecule has 1 saturated heterocycles. The minimum absolute atomic E-state index is 0.101. The van der Waals surface area contributed by atoms with Gasteiger partial charge in [-0.2, -0.15) is 0 Å². The fourth-order valence-corrected chi connectivity index (χ4v) is 4.67. The van der Waals surface area contributed by atoms with Crippen LogP contribution in [0.5, 0.6) is 5.75 Å². The van der Waals surface area contributed by atoms with Crippen LogP contribution >= 0.6 is 11.6 Å². The SMILES string of the molecule is COc1ccccc1C1/C(=C(\O)c2cccc3ccccc23)C(=O)C(=O)N1c1ccc(F)c(Cl)c1. The summed E-state index contributed by atoms with van der Waals surface area (Å²) in [7, 11) is 1.48. The molecule has 4 aromatic carbocycles. The first-order valence-electron chi connectivity index (χ1n) is 10.8. The second-order valence-corrected chi connectivity index (χ2v) is 8.44. The Balaban J connectivity index is 1.81. The summed E-state index contributed by atoms with van der Waals surface area (Å²) >= 11 is 6.00. The zero-order chi connectivity index (χ0) is 24.7. The summed E-state index contributed by atoms with van der Waals surface area (Å²) in [5.74, 6) is -2.29. The molecule has 5 rings (SSSR count). The molecule has 0 saturated carbocycles. The van der Waals surface area contributed by atoms with Crippen molar-refractivity contribution in [1.82, 2.24) is 0 Å². The first kappa shape index (κ1) is 22.6. The van der Waals surface area contributed by atoms with E-state index in [1.54, 1.807) is 36.4 Å². The van der Waals surface area contributed by atoms with E-state index in [9.17, 15) is 19.1 Å². The Labute approximate surface area is 205 Å². The molecule has 0 aliphatic carbocycles. The zero-order valence-electron chi connectivity index (χ0n) is 18.5. The van der Waals surface area contributed by atoms with Gasteiger partial charge in [-0.15, -0.1) is 0 Å². The lowest BCUT2D eigenvalue weighted by Gasteiger charge is -2.27. The third-order valence-corrected chi connectivity index (χ3v) is 6.39. The van der Waals surface area contributed by atoms with Crippen molar-refractivity contribution in [2.45, 2.75) is 6.04 Å². The van der Waals surface area contributed by atoms with E-state index in [-0.39, 0.29) is 22.0 Å². The van der Waals surface area contributed by atoms with Gasteiger partial charge in [0.15, 0.2) is 0 Å². The molecule has 1 unspecified atom stereocenters. The molecule has 1 heterocycles. The molecule has 5 nitrogen and oxygen atoms in total. The van der Waals surface area contributed by atoms with Crippen molar-refractivity contribution < 1.29 is 23.8 Å². The number of fused-ring (bicyclic) bond motifs is 1. The van der Waals surface area contributed by atoms with Crippen molar-refractivity contribution in [3.8, 4) is 5.75 Å². The van der Waals surface area contributed by atoms with E-state index >= 15 is 0 Å². The number of carbonyl (C=O) groups is 2. The summed E-state index contributed by atoms with van der Waals surface area (Å²) in [5.41, 5.74) is 1.01. The van der Waals surface area contributed by atoms with Crippen molar-refractivity contribution in [2.24, 2.45) is 0 Å². The molecule has 1 amide bonds. The Bertz CT molecular complexity index is 1530. The molecule has 4 aromatic rings. The van der Waals surface area contributed by atoms with Crippen LogP contribution in [0.15, 0.2) is 90.5 Å². The van der Waals surface area contributed by atoms with E-state index < -0.39 is 23.5 Å². The number of methoxy groups -OCH3 is 1. The van der Waals surface area contributed by atoms with Crippen LogP contribution in [-0.4, -0.2) is 23.9 Å². The number of para-hydroxylation sites is 1. The number of hydrogen-bond donors (Lipinski definition) is 1. The predicted molar refractivity (Wildman–Crippen MR) is 133 cm³/mol. The van der Waals surface area contributed by atoms with Gasteiger partial charge in [-0.3, -0.25) is 14.5 Å². The highest BCUT2D eigenvalue weighted by molar-refractivity contribution is 6.52. The molecule has 0 aromatic heterocycles. The van der Waals surface area contributed by atoms with Crippen LogP contribution in [0.25, 0.3) is 16.5 Å². The Morgan fingerprint density at radius 2 is 1.69 bits per heavy atom. The van der Waals surface area contributed by atoms with Gasteiger partial charge < -0.3 is 9.84 Å². The number of nitrogens with zero attached hydrogens (tertiary/aromatic N) is 1. The Morgan fingerprint density at radius 3 is 2.46 bits per heavy atom. The number of amides is 1. The Morgan fingerprint density at radius 1 is 0.971 bits per heavy atom. The predicted octanol–water partition coefficient (Wildman–Crippen LogP) is 6.27. The first-order valence-corrected chi connectivity index (χ1v) is 11.2. The third kappa shape index (κ3) is 3.72. The van der Waals surface area contributed by atoms with Crippen molar-refractivity contribution >= 4 is 45.5 Å². The van der Waals surface area contributed by atoms with Gasteiger partial charge in [0, 0.05) is 16.8 Å². The number of hydrogen-bond acceptors (Lipinski definition) is 4.